The van der Waals surface area contributed by atoms with E-state index in [1.165, 1.54) is 5.56 Å². The molecule has 0 aliphatic heterocycles. The van der Waals surface area contributed by atoms with Gasteiger partial charge in [0.25, 0.3) is 0 Å². The molecule has 0 aliphatic carbocycles. The second-order valence-electron chi connectivity index (χ2n) is 5.52. The van der Waals surface area contributed by atoms with Gasteiger partial charge in [-0.25, -0.2) is 0 Å². The first kappa shape index (κ1) is 17.7. The predicted molar refractivity (Wildman–Crippen MR) is 85.9 cm³/mol. The first-order valence-corrected chi connectivity index (χ1v) is 7.69. The SMILES string of the molecule is COCCCCN(Cc1ccccc1)C(=O)CCC(C)N. The molecule has 0 radical (unpaired) electrons. The second kappa shape index (κ2) is 10.4. The monoisotopic (exact) mass is 292 g/mol. The third-order valence-electron chi connectivity index (χ3n) is 3.41. The van der Waals surface area contributed by atoms with Crippen LogP contribution in [0.5, 0.6) is 0 Å². The Morgan fingerprint density at radius 1 is 1.29 bits per heavy atom. The van der Waals surface area contributed by atoms with Crippen molar-refractivity contribution in [3.05, 3.63) is 35.9 Å². The number of methoxy groups -OCH3 is 1. The van der Waals surface area contributed by atoms with Crippen LogP contribution in [0.25, 0.3) is 0 Å². The van der Waals surface area contributed by atoms with Crippen LogP contribution in [0.15, 0.2) is 30.3 Å². The van der Waals surface area contributed by atoms with E-state index < -0.39 is 0 Å². The second-order valence-corrected chi connectivity index (χ2v) is 5.52. The molecule has 0 saturated heterocycles. The maximum atomic E-state index is 12.4. The highest BCUT2D eigenvalue weighted by Crippen LogP contribution is 2.09. The number of carbonyl (C=O) groups is 1. The Kier molecular flexibility index (Phi) is 8.71. The number of hydrogen-bond acceptors (Lipinski definition) is 3. The van der Waals surface area contributed by atoms with Crippen LogP contribution in [0.4, 0.5) is 0 Å². The van der Waals surface area contributed by atoms with Gasteiger partial charge in [0, 0.05) is 39.3 Å². The van der Waals surface area contributed by atoms with Crippen LogP contribution in [0, 0.1) is 0 Å². The van der Waals surface area contributed by atoms with Crippen LogP contribution in [-0.4, -0.2) is 37.1 Å². The number of rotatable bonds is 10. The molecule has 1 atom stereocenters. The molecule has 2 N–H and O–H groups in total. The Balaban J connectivity index is 2.54. The molecule has 0 saturated carbocycles. The lowest BCUT2D eigenvalue weighted by molar-refractivity contribution is -0.132. The Labute approximate surface area is 128 Å². The summed E-state index contributed by atoms with van der Waals surface area (Å²) < 4.78 is 5.06. The summed E-state index contributed by atoms with van der Waals surface area (Å²) in [6.07, 6.45) is 3.20. The minimum atomic E-state index is 0.0704. The standard InChI is InChI=1S/C17H28N2O2/c1-15(18)10-11-17(20)19(12-6-7-13-21-2)14-16-8-4-3-5-9-16/h3-5,8-9,15H,6-7,10-14,18H2,1-2H3. The van der Waals surface area contributed by atoms with Gasteiger partial charge in [-0.2, -0.15) is 0 Å². The molecule has 1 amide bonds. The zero-order chi connectivity index (χ0) is 15.5. The molecule has 1 rings (SSSR count). The van der Waals surface area contributed by atoms with Crippen molar-refractivity contribution in [2.24, 2.45) is 5.73 Å². The van der Waals surface area contributed by atoms with E-state index >= 15 is 0 Å². The summed E-state index contributed by atoms with van der Waals surface area (Å²) in [4.78, 5) is 14.3. The number of carbonyl (C=O) groups excluding carboxylic acids is 1. The summed E-state index contributed by atoms with van der Waals surface area (Å²) >= 11 is 0. The highest BCUT2D eigenvalue weighted by atomic mass is 16.5. The Hall–Kier alpha value is -1.39. The van der Waals surface area contributed by atoms with E-state index in [-0.39, 0.29) is 11.9 Å². The van der Waals surface area contributed by atoms with Gasteiger partial charge in [0.05, 0.1) is 0 Å². The molecule has 4 nitrogen and oxygen atoms in total. The molecule has 0 aromatic heterocycles. The number of amides is 1. The maximum absolute atomic E-state index is 12.4. The van der Waals surface area contributed by atoms with Crippen molar-refractivity contribution in [2.75, 3.05) is 20.3 Å². The first-order valence-electron chi connectivity index (χ1n) is 7.69. The summed E-state index contributed by atoms with van der Waals surface area (Å²) in [6.45, 7) is 4.13. The maximum Gasteiger partial charge on any atom is 0.222 e. The fraction of sp³-hybridized carbons (Fsp3) is 0.588. The molecule has 0 fully saturated rings. The molecule has 118 valence electrons. The van der Waals surface area contributed by atoms with Crippen molar-refractivity contribution in [3.8, 4) is 0 Å². The van der Waals surface area contributed by atoms with Gasteiger partial charge in [0.2, 0.25) is 5.91 Å². The lowest BCUT2D eigenvalue weighted by Gasteiger charge is -2.23. The van der Waals surface area contributed by atoms with Gasteiger partial charge in [-0.05, 0) is 31.7 Å². The molecule has 0 heterocycles. The zero-order valence-corrected chi connectivity index (χ0v) is 13.3. The zero-order valence-electron chi connectivity index (χ0n) is 13.3. The van der Waals surface area contributed by atoms with Gasteiger partial charge >= 0.3 is 0 Å². The van der Waals surface area contributed by atoms with Crippen LogP contribution < -0.4 is 5.73 Å². The number of hydrogen-bond donors (Lipinski definition) is 1. The van der Waals surface area contributed by atoms with Crippen molar-refractivity contribution < 1.29 is 9.53 Å². The molecule has 21 heavy (non-hydrogen) atoms. The third kappa shape index (κ3) is 7.83. The summed E-state index contributed by atoms with van der Waals surface area (Å²) in [7, 11) is 1.70. The summed E-state index contributed by atoms with van der Waals surface area (Å²) in [6, 6.07) is 10.2. The van der Waals surface area contributed by atoms with E-state index in [9.17, 15) is 4.79 Å². The predicted octanol–water partition coefficient (Wildman–Crippen LogP) is 2.57. The molecular formula is C17H28N2O2. The topological polar surface area (TPSA) is 55.6 Å². The van der Waals surface area contributed by atoms with Crippen molar-refractivity contribution in [3.63, 3.8) is 0 Å². The van der Waals surface area contributed by atoms with E-state index in [4.69, 9.17) is 10.5 Å². The van der Waals surface area contributed by atoms with Gasteiger partial charge in [-0.15, -0.1) is 0 Å². The quantitative estimate of drug-likeness (QED) is 0.674. The molecule has 0 aliphatic rings. The molecule has 4 heteroatoms. The van der Waals surface area contributed by atoms with Crippen LogP contribution >= 0.6 is 0 Å². The highest BCUT2D eigenvalue weighted by molar-refractivity contribution is 5.76. The normalized spacial score (nSPS) is 12.1. The van der Waals surface area contributed by atoms with Crippen LogP contribution in [-0.2, 0) is 16.1 Å². The van der Waals surface area contributed by atoms with E-state index in [1.54, 1.807) is 7.11 Å². The first-order chi connectivity index (χ1) is 10.1. The summed E-state index contributed by atoms with van der Waals surface area (Å²) in [5.41, 5.74) is 6.91. The number of unbranched alkanes of at least 4 members (excludes halogenated alkanes) is 1. The molecular weight excluding hydrogens is 264 g/mol. The fourth-order valence-electron chi connectivity index (χ4n) is 2.15. The number of nitrogens with zero attached hydrogens (tertiary/aromatic N) is 1. The number of ether oxygens (including phenoxy) is 1. The van der Waals surface area contributed by atoms with E-state index in [0.717, 1.165) is 32.4 Å². The van der Waals surface area contributed by atoms with Crippen molar-refractivity contribution in [2.45, 2.75) is 45.2 Å². The van der Waals surface area contributed by atoms with E-state index in [0.29, 0.717) is 13.0 Å². The Bertz CT molecular complexity index is 393. The van der Waals surface area contributed by atoms with Gasteiger partial charge in [0.15, 0.2) is 0 Å². The summed E-state index contributed by atoms with van der Waals surface area (Å²) in [5, 5.41) is 0. The van der Waals surface area contributed by atoms with Crippen LogP contribution in [0.3, 0.4) is 0 Å². The van der Waals surface area contributed by atoms with E-state index in [1.807, 2.05) is 30.0 Å². The van der Waals surface area contributed by atoms with Crippen molar-refractivity contribution in [1.29, 1.82) is 0 Å². The Morgan fingerprint density at radius 3 is 2.62 bits per heavy atom. The lowest BCUT2D eigenvalue weighted by Crippen LogP contribution is -2.32. The Morgan fingerprint density at radius 2 is 2.00 bits per heavy atom. The molecule has 1 aromatic carbocycles. The number of benzene rings is 1. The van der Waals surface area contributed by atoms with Gasteiger partial charge in [0.1, 0.15) is 0 Å². The molecule has 1 unspecified atom stereocenters. The molecule has 0 spiro atoms. The van der Waals surface area contributed by atoms with Crippen LogP contribution in [0.1, 0.15) is 38.2 Å². The van der Waals surface area contributed by atoms with E-state index in [2.05, 4.69) is 12.1 Å². The third-order valence-corrected chi connectivity index (χ3v) is 3.41. The van der Waals surface area contributed by atoms with Gasteiger partial charge in [-0.3, -0.25) is 4.79 Å². The fourth-order valence-corrected chi connectivity index (χ4v) is 2.15. The minimum absolute atomic E-state index is 0.0704. The highest BCUT2D eigenvalue weighted by Gasteiger charge is 2.14. The minimum Gasteiger partial charge on any atom is -0.385 e. The molecule has 1 aromatic rings. The van der Waals surface area contributed by atoms with Crippen molar-refractivity contribution >= 4 is 5.91 Å². The summed E-state index contributed by atoms with van der Waals surface area (Å²) in [5.74, 6) is 0.188. The average Bonchev–Trinajstić information content (AvgIpc) is 2.49. The smallest absolute Gasteiger partial charge is 0.222 e. The van der Waals surface area contributed by atoms with Crippen LogP contribution in [0.2, 0.25) is 0 Å². The largest absolute Gasteiger partial charge is 0.385 e. The number of nitrogens with two attached hydrogens (primary N) is 1. The van der Waals surface area contributed by atoms with Crippen molar-refractivity contribution in [1.82, 2.24) is 4.90 Å². The lowest BCUT2D eigenvalue weighted by atomic mass is 10.1. The van der Waals surface area contributed by atoms with Gasteiger partial charge < -0.3 is 15.4 Å². The average molecular weight is 292 g/mol. The molecule has 0 bridgehead atoms. The van der Waals surface area contributed by atoms with Gasteiger partial charge in [-0.1, -0.05) is 30.3 Å².